The van der Waals surface area contributed by atoms with Crippen LogP contribution in [0.25, 0.3) is 0 Å². The van der Waals surface area contributed by atoms with E-state index < -0.39 is 0 Å². The van der Waals surface area contributed by atoms with E-state index in [0.717, 1.165) is 19.4 Å². The lowest BCUT2D eigenvalue weighted by Crippen LogP contribution is -2.19. The zero-order valence-electron chi connectivity index (χ0n) is 16.3. The molecule has 0 aliphatic heterocycles. The molecule has 7 nitrogen and oxygen atoms in total. The average Bonchev–Trinajstić information content (AvgIpc) is 3.17. The molecular weight excluding hydrogens is 488 g/mol. The second-order valence-corrected chi connectivity index (χ2v) is 9.28. The summed E-state index contributed by atoms with van der Waals surface area (Å²) >= 11 is 6.19. The molecule has 1 N–H and O–H groups in total. The maximum absolute atomic E-state index is 12.0. The Bertz CT molecular complexity index is 1030. The number of nitrogens with zero attached hydrogens (tertiary/aromatic N) is 3. The number of rotatable bonds is 9. The first-order chi connectivity index (χ1) is 14.5. The number of ether oxygens (including phenoxy) is 2. The van der Waals surface area contributed by atoms with Crippen molar-refractivity contribution >= 4 is 51.2 Å². The van der Waals surface area contributed by atoms with Gasteiger partial charge in [0.15, 0.2) is 15.8 Å². The lowest BCUT2D eigenvalue weighted by molar-refractivity contribution is -0.118. The molecule has 0 spiro atoms. The normalized spacial score (nSPS) is 10.9. The van der Waals surface area contributed by atoms with Gasteiger partial charge in [0, 0.05) is 10.0 Å². The summed E-state index contributed by atoms with van der Waals surface area (Å²) in [7, 11) is 1.58. The summed E-state index contributed by atoms with van der Waals surface area (Å²) in [4.78, 5) is 12.0. The van der Waals surface area contributed by atoms with Crippen molar-refractivity contribution in [2.24, 2.45) is 5.10 Å². The second kappa shape index (κ2) is 11.1. The smallest absolute Gasteiger partial charge is 0.250 e. The molecule has 0 saturated heterocycles. The number of benzene rings is 2. The van der Waals surface area contributed by atoms with Crippen molar-refractivity contribution in [2.45, 2.75) is 17.9 Å². The van der Waals surface area contributed by atoms with E-state index >= 15 is 0 Å². The fraction of sp³-hybridized carbons (Fsp3) is 0.200. The Kier molecular flexibility index (Phi) is 8.23. The van der Waals surface area contributed by atoms with Crippen LogP contribution in [0.15, 0.2) is 56.4 Å². The topological polar surface area (TPSA) is 85.7 Å². The molecule has 3 rings (SSSR count). The van der Waals surface area contributed by atoms with E-state index in [1.165, 1.54) is 29.3 Å². The molecule has 1 aromatic heterocycles. The Hall–Kier alpha value is -2.43. The quantitative estimate of drug-likeness (QED) is 0.262. The van der Waals surface area contributed by atoms with Gasteiger partial charge in [-0.25, -0.2) is 5.43 Å². The number of nitrogens with one attached hydrogen (secondary N) is 1. The monoisotopic (exact) mass is 506 g/mol. The molecule has 0 fully saturated rings. The van der Waals surface area contributed by atoms with Gasteiger partial charge in [0.2, 0.25) is 0 Å². The van der Waals surface area contributed by atoms with Gasteiger partial charge in [0.05, 0.1) is 19.1 Å². The molecule has 0 aliphatic rings. The van der Waals surface area contributed by atoms with Crippen LogP contribution >= 0.6 is 39.0 Å². The van der Waals surface area contributed by atoms with E-state index in [-0.39, 0.29) is 11.7 Å². The molecule has 0 bridgehead atoms. The Morgan fingerprint density at radius 1 is 1.27 bits per heavy atom. The molecule has 0 aliphatic carbocycles. The van der Waals surface area contributed by atoms with Gasteiger partial charge in [0.1, 0.15) is 11.6 Å². The number of para-hydroxylation sites is 1. The van der Waals surface area contributed by atoms with E-state index in [0.29, 0.717) is 23.7 Å². The molecule has 0 radical (unpaired) electrons. The van der Waals surface area contributed by atoms with Gasteiger partial charge in [-0.15, -0.1) is 10.2 Å². The largest absolute Gasteiger partial charge is 0.493 e. The Morgan fingerprint density at radius 3 is 2.77 bits per heavy atom. The number of carbonyl (C=O) groups is 1. The van der Waals surface area contributed by atoms with Gasteiger partial charge in [-0.2, -0.15) is 5.10 Å². The van der Waals surface area contributed by atoms with Crippen molar-refractivity contribution in [2.75, 3.05) is 12.9 Å². The summed E-state index contributed by atoms with van der Waals surface area (Å²) < 4.78 is 13.2. The van der Waals surface area contributed by atoms with Crippen LogP contribution in [0.3, 0.4) is 0 Å². The van der Waals surface area contributed by atoms with Crippen molar-refractivity contribution < 1.29 is 14.3 Å². The Morgan fingerprint density at radius 2 is 2.07 bits per heavy atom. The first kappa shape index (κ1) is 22.3. The SMILES string of the molecule is COc1cccc(/C=N\NC(=O)CSc2nnc(C)s2)c1OCc1ccc(Br)cc1. The van der Waals surface area contributed by atoms with Gasteiger partial charge in [-0.1, -0.05) is 57.2 Å². The molecule has 3 aromatic rings. The van der Waals surface area contributed by atoms with Gasteiger partial charge < -0.3 is 9.47 Å². The lowest BCUT2D eigenvalue weighted by atomic mass is 10.2. The predicted molar refractivity (Wildman–Crippen MR) is 123 cm³/mol. The number of carbonyl (C=O) groups excluding carboxylic acids is 1. The third-order valence-electron chi connectivity index (χ3n) is 3.75. The third-order valence-corrected chi connectivity index (χ3v) is 6.25. The molecular formula is C20H19BrN4O3S2. The summed E-state index contributed by atoms with van der Waals surface area (Å²) in [5.74, 6) is 1.12. The van der Waals surface area contributed by atoms with E-state index in [1.54, 1.807) is 7.11 Å². The summed E-state index contributed by atoms with van der Waals surface area (Å²) in [5.41, 5.74) is 4.23. The van der Waals surface area contributed by atoms with Crippen LogP contribution in [0.4, 0.5) is 0 Å². The van der Waals surface area contributed by atoms with Crippen molar-refractivity contribution in [1.82, 2.24) is 15.6 Å². The summed E-state index contributed by atoms with van der Waals surface area (Å²) in [6, 6.07) is 13.4. The zero-order valence-corrected chi connectivity index (χ0v) is 19.5. The number of aryl methyl sites for hydroxylation is 1. The molecule has 0 unspecified atom stereocenters. The molecule has 0 saturated carbocycles. The first-order valence-electron chi connectivity index (χ1n) is 8.84. The third kappa shape index (κ3) is 6.54. The van der Waals surface area contributed by atoms with Crippen LogP contribution in [0.1, 0.15) is 16.1 Å². The van der Waals surface area contributed by atoms with Crippen molar-refractivity contribution in [3.8, 4) is 11.5 Å². The molecule has 2 aromatic carbocycles. The number of aromatic nitrogens is 2. The van der Waals surface area contributed by atoms with E-state index in [2.05, 4.69) is 36.7 Å². The van der Waals surface area contributed by atoms with Crippen LogP contribution < -0.4 is 14.9 Å². The maximum Gasteiger partial charge on any atom is 0.250 e. The number of hydrazone groups is 1. The highest BCUT2D eigenvalue weighted by atomic mass is 79.9. The van der Waals surface area contributed by atoms with Crippen molar-refractivity contribution in [1.29, 1.82) is 0 Å². The number of halogens is 1. The highest BCUT2D eigenvalue weighted by Crippen LogP contribution is 2.31. The summed E-state index contributed by atoms with van der Waals surface area (Å²) in [6.45, 7) is 2.25. The molecule has 0 atom stereocenters. The van der Waals surface area contributed by atoms with Crippen molar-refractivity contribution in [3.63, 3.8) is 0 Å². The van der Waals surface area contributed by atoms with Gasteiger partial charge >= 0.3 is 0 Å². The minimum atomic E-state index is -0.232. The van der Waals surface area contributed by atoms with E-state index in [1.807, 2.05) is 49.4 Å². The molecule has 156 valence electrons. The second-order valence-electron chi connectivity index (χ2n) is 5.96. The van der Waals surface area contributed by atoms with Crippen LogP contribution in [0, 0.1) is 6.92 Å². The number of methoxy groups -OCH3 is 1. The first-order valence-corrected chi connectivity index (χ1v) is 11.4. The van der Waals surface area contributed by atoms with E-state index in [4.69, 9.17) is 9.47 Å². The zero-order chi connectivity index (χ0) is 21.3. The lowest BCUT2D eigenvalue weighted by Gasteiger charge is -2.13. The van der Waals surface area contributed by atoms with E-state index in [9.17, 15) is 4.79 Å². The van der Waals surface area contributed by atoms with Gasteiger partial charge in [-0.3, -0.25) is 4.79 Å². The van der Waals surface area contributed by atoms with Gasteiger partial charge in [-0.05, 0) is 36.8 Å². The summed E-state index contributed by atoms with van der Waals surface area (Å²) in [5, 5.41) is 12.8. The molecule has 10 heteroatoms. The fourth-order valence-corrected chi connectivity index (χ4v) is 4.23. The number of thioether (sulfide) groups is 1. The molecule has 1 heterocycles. The van der Waals surface area contributed by atoms with Crippen molar-refractivity contribution in [3.05, 3.63) is 63.1 Å². The maximum atomic E-state index is 12.0. The number of amides is 1. The number of hydrogen-bond donors (Lipinski definition) is 1. The van der Waals surface area contributed by atoms with Crippen LogP contribution in [0.5, 0.6) is 11.5 Å². The average molecular weight is 507 g/mol. The van der Waals surface area contributed by atoms with Crippen LogP contribution in [0.2, 0.25) is 0 Å². The fourth-order valence-electron chi connectivity index (χ4n) is 2.36. The van der Waals surface area contributed by atoms with Crippen LogP contribution in [-0.2, 0) is 11.4 Å². The highest BCUT2D eigenvalue weighted by Gasteiger charge is 2.10. The predicted octanol–water partition coefficient (Wildman–Crippen LogP) is 4.44. The van der Waals surface area contributed by atoms with Crippen LogP contribution in [-0.4, -0.2) is 35.2 Å². The minimum Gasteiger partial charge on any atom is -0.493 e. The highest BCUT2D eigenvalue weighted by molar-refractivity contribution is 9.10. The Balaban J connectivity index is 1.61. The minimum absolute atomic E-state index is 0.205. The van der Waals surface area contributed by atoms with Gasteiger partial charge in [0.25, 0.3) is 5.91 Å². The standard InChI is InChI=1S/C20H19BrN4O3S2/c1-13-23-25-20(30-13)29-12-18(26)24-22-10-15-4-3-5-17(27-2)19(15)28-11-14-6-8-16(21)9-7-14/h3-10H,11-12H2,1-2H3,(H,24,26)/b22-10-. The molecule has 30 heavy (non-hydrogen) atoms. The number of hydrogen-bond acceptors (Lipinski definition) is 8. The summed E-state index contributed by atoms with van der Waals surface area (Å²) in [6.07, 6.45) is 1.54. The Labute approximate surface area is 191 Å². The molecule has 1 amide bonds.